The fourth-order valence-electron chi connectivity index (χ4n) is 2.66. The van der Waals surface area contributed by atoms with Crippen molar-refractivity contribution in [2.75, 3.05) is 14.2 Å². The van der Waals surface area contributed by atoms with Crippen LogP contribution in [0.3, 0.4) is 0 Å². The minimum atomic E-state index is 0.400. The number of fused-ring (bicyclic) bond motifs is 3. The van der Waals surface area contributed by atoms with Crippen molar-refractivity contribution >= 4 is 33.5 Å². The Bertz CT molecular complexity index is 842. The molecule has 116 valence electrons. The Labute approximate surface area is 133 Å². The molecule has 1 aromatic carbocycles. The second-order valence-corrected chi connectivity index (χ2v) is 5.97. The molecule has 0 unspecified atom stereocenters. The summed E-state index contributed by atoms with van der Waals surface area (Å²) in [4.78, 5) is 8.85. The molecule has 0 aliphatic carbocycles. The number of hydrogen-bond acceptors (Lipinski definition) is 4. The van der Waals surface area contributed by atoms with E-state index in [1.807, 2.05) is 18.5 Å². The van der Waals surface area contributed by atoms with Gasteiger partial charge in [0.05, 0.1) is 31.6 Å². The van der Waals surface area contributed by atoms with Crippen LogP contribution in [0.15, 0.2) is 18.5 Å². The van der Waals surface area contributed by atoms with E-state index in [4.69, 9.17) is 21.1 Å². The Morgan fingerprint density at radius 2 is 1.86 bits per heavy atom. The number of imidazole rings is 1. The van der Waals surface area contributed by atoms with Crippen molar-refractivity contribution in [1.29, 1.82) is 0 Å². The molecular weight excluding hydrogens is 302 g/mol. The van der Waals surface area contributed by atoms with E-state index in [0.717, 1.165) is 23.0 Å². The van der Waals surface area contributed by atoms with Gasteiger partial charge in [-0.25, -0.2) is 9.97 Å². The molecule has 0 amide bonds. The lowest BCUT2D eigenvalue weighted by Crippen LogP contribution is -2.03. The number of nitrogens with zero attached hydrogens (tertiary/aromatic N) is 3. The van der Waals surface area contributed by atoms with Gasteiger partial charge in [0.2, 0.25) is 0 Å². The topological polar surface area (TPSA) is 49.2 Å². The largest absolute Gasteiger partial charge is 0.493 e. The number of pyridine rings is 1. The summed E-state index contributed by atoms with van der Waals surface area (Å²) in [6.07, 6.45) is 1.81. The van der Waals surface area contributed by atoms with Gasteiger partial charge >= 0.3 is 0 Å². The molecule has 0 aliphatic rings. The van der Waals surface area contributed by atoms with Gasteiger partial charge in [-0.05, 0) is 12.0 Å². The van der Waals surface area contributed by atoms with E-state index in [1.165, 1.54) is 0 Å². The predicted molar refractivity (Wildman–Crippen MR) is 88.0 cm³/mol. The SMILES string of the molecule is COc1cc2nc(Cl)c3ncn(CC(C)C)c3c2cc1OC. The van der Waals surface area contributed by atoms with Crippen molar-refractivity contribution in [3.05, 3.63) is 23.6 Å². The first-order valence-electron chi connectivity index (χ1n) is 7.11. The molecule has 0 radical (unpaired) electrons. The second kappa shape index (κ2) is 5.65. The van der Waals surface area contributed by atoms with Crippen LogP contribution in [0.1, 0.15) is 13.8 Å². The maximum atomic E-state index is 6.30. The first kappa shape index (κ1) is 14.9. The molecule has 0 spiro atoms. The first-order chi connectivity index (χ1) is 10.5. The highest BCUT2D eigenvalue weighted by atomic mass is 35.5. The van der Waals surface area contributed by atoms with Crippen LogP contribution < -0.4 is 9.47 Å². The smallest absolute Gasteiger partial charge is 0.162 e. The molecule has 22 heavy (non-hydrogen) atoms. The summed E-state index contributed by atoms with van der Waals surface area (Å²) in [6, 6.07) is 3.77. The standard InChI is InChI=1S/C16H18ClN3O2/c1-9(2)7-20-8-18-14-15(20)10-5-12(21-3)13(22-4)6-11(10)19-16(14)17/h5-6,8-9H,7H2,1-4H3. The average molecular weight is 320 g/mol. The van der Waals surface area contributed by atoms with Crippen molar-refractivity contribution in [3.8, 4) is 11.5 Å². The van der Waals surface area contributed by atoms with Crippen LogP contribution in [0, 0.1) is 5.92 Å². The van der Waals surface area contributed by atoms with E-state index in [1.54, 1.807) is 14.2 Å². The molecule has 0 N–H and O–H groups in total. The molecule has 0 saturated heterocycles. The third-order valence-corrected chi connectivity index (χ3v) is 3.83. The highest BCUT2D eigenvalue weighted by Crippen LogP contribution is 2.36. The van der Waals surface area contributed by atoms with Gasteiger partial charge < -0.3 is 14.0 Å². The average Bonchev–Trinajstić information content (AvgIpc) is 2.90. The molecule has 0 aliphatic heterocycles. The molecular formula is C16H18ClN3O2. The van der Waals surface area contributed by atoms with E-state index in [-0.39, 0.29) is 0 Å². The van der Waals surface area contributed by atoms with Crippen molar-refractivity contribution in [1.82, 2.24) is 14.5 Å². The summed E-state index contributed by atoms with van der Waals surface area (Å²) in [6.45, 7) is 5.20. The maximum absolute atomic E-state index is 6.30. The molecule has 2 aromatic heterocycles. The van der Waals surface area contributed by atoms with Crippen LogP contribution in [-0.2, 0) is 6.54 Å². The van der Waals surface area contributed by atoms with Gasteiger partial charge in [0, 0.05) is 18.0 Å². The van der Waals surface area contributed by atoms with Gasteiger partial charge in [0.25, 0.3) is 0 Å². The maximum Gasteiger partial charge on any atom is 0.162 e. The summed E-state index contributed by atoms with van der Waals surface area (Å²) in [5.74, 6) is 1.80. The monoisotopic (exact) mass is 319 g/mol. The number of hydrogen-bond donors (Lipinski definition) is 0. The number of halogens is 1. The number of methoxy groups -OCH3 is 2. The van der Waals surface area contributed by atoms with Crippen LogP contribution in [0.2, 0.25) is 5.15 Å². The van der Waals surface area contributed by atoms with E-state index < -0.39 is 0 Å². The predicted octanol–water partition coefficient (Wildman–Crippen LogP) is 3.91. The lowest BCUT2D eigenvalue weighted by atomic mass is 10.1. The number of ether oxygens (including phenoxy) is 2. The Kier molecular flexibility index (Phi) is 3.83. The minimum Gasteiger partial charge on any atom is -0.493 e. The summed E-state index contributed by atoms with van der Waals surface area (Å²) >= 11 is 6.30. The Balaban J connectivity index is 2.38. The Morgan fingerprint density at radius 3 is 2.50 bits per heavy atom. The zero-order valence-corrected chi connectivity index (χ0v) is 13.8. The molecule has 3 rings (SSSR count). The normalized spacial score (nSPS) is 11.5. The van der Waals surface area contributed by atoms with Gasteiger partial charge in [0.15, 0.2) is 16.7 Å². The van der Waals surface area contributed by atoms with Crippen molar-refractivity contribution in [2.24, 2.45) is 5.92 Å². The number of aromatic nitrogens is 3. The van der Waals surface area contributed by atoms with Gasteiger partial charge in [-0.2, -0.15) is 0 Å². The number of benzene rings is 1. The van der Waals surface area contributed by atoms with Crippen LogP contribution >= 0.6 is 11.6 Å². The summed E-state index contributed by atoms with van der Waals surface area (Å²) < 4.78 is 12.9. The van der Waals surface area contributed by atoms with E-state index >= 15 is 0 Å². The lowest BCUT2D eigenvalue weighted by molar-refractivity contribution is 0.356. The van der Waals surface area contributed by atoms with Crippen LogP contribution in [0.4, 0.5) is 0 Å². The highest BCUT2D eigenvalue weighted by molar-refractivity contribution is 6.35. The van der Waals surface area contributed by atoms with Crippen molar-refractivity contribution in [2.45, 2.75) is 20.4 Å². The van der Waals surface area contributed by atoms with E-state index in [0.29, 0.717) is 28.1 Å². The molecule has 0 bridgehead atoms. The summed E-state index contributed by atoms with van der Waals surface area (Å²) in [5, 5.41) is 1.35. The fraction of sp³-hybridized carbons (Fsp3) is 0.375. The second-order valence-electron chi connectivity index (χ2n) is 5.61. The lowest BCUT2D eigenvalue weighted by Gasteiger charge is -2.12. The van der Waals surface area contributed by atoms with E-state index in [2.05, 4.69) is 28.4 Å². The Hall–Kier alpha value is -2.01. The quantitative estimate of drug-likeness (QED) is 0.684. The minimum absolute atomic E-state index is 0.400. The summed E-state index contributed by atoms with van der Waals surface area (Å²) in [7, 11) is 3.22. The summed E-state index contributed by atoms with van der Waals surface area (Å²) in [5.41, 5.74) is 2.45. The number of rotatable bonds is 4. The molecule has 6 heteroatoms. The zero-order valence-electron chi connectivity index (χ0n) is 13.1. The van der Waals surface area contributed by atoms with Gasteiger partial charge in [-0.1, -0.05) is 25.4 Å². The fourth-order valence-corrected chi connectivity index (χ4v) is 2.89. The van der Waals surface area contributed by atoms with Crippen molar-refractivity contribution in [3.63, 3.8) is 0 Å². The Morgan fingerprint density at radius 1 is 1.18 bits per heavy atom. The van der Waals surface area contributed by atoms with Crippen LogP contribution in [-0.4, -0.2) is 28.8 Å². The molecule has 0 fully saturated rings. The van der Waals surface area contributed by atoms with Crippen LogP contribution in [0.25, 0.3) is 21.9 Å². The molecule has 5 nitrogen and oxygen atoms in total. The van der Waals surface area contributed by atoms with Gasteiger partial charge in [0.1, 0.15) is 5.52 Å². The molecule has 0 saturated carbocycles. The molecule has 0 atom stereocenters. The first-order valence-corrected chi connectivity index (χ1v) is 7.49. The van der Waals surface area contributed by atoms with Gasteiger partial charge in [-0.15, -0.1) is 0 Å². The molecule has 2 heterocycles. The third-order valence-electron chi connectivity index (χ3n) is 3.57. The van der Waals surface area contributed by atoms with Crippen LogP contribution in [0.5, 0.6) is 11.5 Å². The van der Waals surface area contributed by atoms with Crippen molar-refractivity contribution < 1.29 is 9.47 Å². The van der Waals surface area contributed by atoms with E-state index in [9.17, 15) is 0 Å². The highest BCUT2D eigenvalue weighted by Gasteiger charge is 2.16. The third kappa shape index (κ3) is 2.35. The van der Waals surface area contributed by atoms with Gasteiger partial charge in [-0.3, -0.25) is 0 Å². The molecule has 3 aromatic rings. The zero-order chi connectivity index (χ0) is 15.9.